The smallest absolute Gasteiger partial charge is 0.173 e. The molecular weight excluding hydrogens is 194 g/mol. The SMILES string of the molecule is Cc1cc(C(=O)Cc2ncnn2C)co1. The van der Waals surface area contributed by atoms with Crippen molar-refractivity contribution in [3.05, 3.63) is 35.8 Å². The molecule has 0 saturated carbocycles. The maximum absolute atomic E-state index is 11.7. The largest absolute Gasteiger partial charge is 0.469 e. The Labute approximate surface area is 86.7 Å². The highest BCUT2D eigenvalue weighted by Crippen LogP contribution is 2.09. The summed E-state index contributed by atoms with van der Waals surface area (Å²) in [5.41, 5.74) is 0.579. The van der Waals surface area contributed by atoms with Crippen LogP contribution in [0.25, 0.3) is 0 Å². The molecule has 0 amide bonds. The summed E-state index contributed by atoms with van der Waals surface area (Å²) >= 11 is 0. The number of furan rings is 1. The van der Waals surface area contributed by atoms with Gasteiger partial charge in [0.05, 0.1) is 12.0 Å². The Balaban J connectivity index is 2.14. The number of aromatic nitrogens is 3. The molecule has 2 heterocycles. The highest BCUT2D eigenvalue weighted by Gasteiger charge is 2.12. The Morgan fingerprint density at radius 1 is 1.60 bits per heavy atom. The first kappa shape index (κ1) is 9.64. The van der Waals surface area contributed by atoms with Crippen molar-refractivity contribution < 1.29 is 9.21 Å². The minimum Gasteiger partial charge on any atom is -0.469 e. The zero-order valence-corrected chi connectivity index (χ0v) is 8.60. The van der Waals surface area contributed by atoms with Crippen molar-refractivity contribution in [1.29, 1.82) is 0 Å². The van der Waals surface area contributed by atoms with Crippen molar-refractivity contribution in [3.8, 4) is 0 Å². The van der Waals surface area contributed by atoms with E-state index in [1.54, 1.807) is 24.7 Å². The molecular formula is C10H11N3O2. The molecule has 78 valence electrons. The normalized spacial score (nSPS) is 10.5. The molecule has 15 heavy (non-hydrogen) atoms. The van der Waals surface area contributed by atoms with E-state index in [1.165, 1.54) is 12.6 Å². The van der Waals surface area contributed by atoms with E-state index in [0.717, 1.165) is 5.76 Å². The molecule has 0 aliphatic carbocycles. The van der Waals surface area contributed by atoms with Crippen molar-refractivity contribution in [1.82, 2.24) is 14.8 Å². The molecule has 0 aromatic carbocycles. The molecule has 2 aromatic heterocycles. The van der Waals surface area contributed by atoms with Crippen LogP contribution in [0.1, 0.15) is 21.9 Å². The summed E-state index contributed by atoms with van der Waals surface area (Å²) in [5, 5.41) is 3.90. The second-order valence-corrected chi connectivity index (χ2v) is 3.35. The zero-order chi connectivity index (χ0) is 10.8. The van der Waals surface area contributed by atoms with Crippen LogP contribution in [-0.4, -0.2) is 20.5 Å². The lowest BCUT2D eigenvalue weighted by molar-refractivity contribution is 0.0989. The van der Waals surface area contributed by atoms with Crippen LogP contribution in [0.4, 0.5) is 0 Å². The van der Waals surface area contributed by atoms with Crippen LogP contribution in [0.5, 0.6) is 0 Å². The zero-order valence-electron chi connectivity index (χ0n) is 8.60. The van der Waals surface area contributed by atoms with Crippen LogP contribution in [0.2, 0.25) is 0 Å². The van der Waals surface area contributed by atoms with Gasteiger partial charge in [0.25, 0.3) is 0 Å². The Hall–Kier alpha value is -1.91. The van der Waals surface area contributed by atoms with Gasteiger partial charge in [-0.25, -0.2) is 4.98 Å². The number of aryl methyl sites for hydroxylation is 2. The third-order valence-corrected chi connectivity index (χ3v) is 2.18. The van der Waals surface area contributed by atoms with E-state index in [9.17, 15) is 4.79 Å². The lowest BCUT2D eigenvalue weighted by Crippen LogP contribution is -2.08. The summed E-state index contributed by atoms with van der Waals surface area (Å²) in [6, 6.07) is 1.72. The molecule has 0 unspecified atom stereocenters. The fourth-order valence-corrected chi connectivity index (χ4v) is 1.32. The number of carbonyl (C=O) groups excluding carboxylic acids is 1. The molecule has 0 fully saturated rings. The minimum atomic E-state index is -0.0112. The third-order valence-electron chi connectivity index (χ3n) is 2.18. The summed E-state index contributed by atoms with van der Waals surface area (Å²) < 4.78 is 6.66. The van der Waals surface area contributed by atoms with E-state index in [2.05, 4.69) is 10.1 Å². The standard InChI is InChI=1S/C10H11N3O2/c1-7-3-8(5-15-7)9(14)4-10-11-6-12-13(10)2/h3,5-6H,4H2,1-2H3. The molecule has 0 bridgehead atoms. The van der Waals surface area contributed by atoms with Crippen molar-refractivity contribution in [2.75, 3.05) is 0 Å². The van der Waals surface area contributed by atoms with Crippen LogP contribution in [-0.2, 0) is 13.5 Å². The number of Topliss-reactive ketones (excluding diaryl/α,β-unsaturated/α-hetero) is 1. The fraction of sp³-hybridized carbons (Fsp3) is 0.300. The summed E-state index contributed by atoms with van der Waals surface area (Å²) in [5.74, 6) is 1.37. The van der Waals surface area contributed by atoms with Gasteiger partial charge in [-0.15, -0.1) is 0 Å². The lowest BCUT2D eigenvalue weighted by atomic mass is 10.1. The predicted molar refractivity (Wildman–Crippen MR) is 52.5 cm³/mol. The quantitative estimate of drug-likeness (QED) is 0.705. The first-order chi connectivity index (χ1) is 7.16. The van der Waals surface area contributed by atoms with E-state index < -0.39 is 0 Å². The van der Waals surface area contributed by atoms with Crippen LogP contribution < -0.4 is 0 Å². The van der Waals surface area contributed by atoms with Gasteiger partial charge >= 0.3 is 0 Å². The van der Waals surface area contributed by atoms with Gasteiger partial charge in [0.1, 0.15) is 24.2 Å². The first-order valence-corrected chi connectivity index (χ1v) is 4.58. The number of rotatable bonds is 3. The molecule has 0 radical (unpaired) electrons. The maximum atomic E-state index is 11.7. The van der Waals surface area contributed by atoms with E-state index in [1.807, 2.05) is 0 Å². The van der Waals surface area contributed by atoms with E-state index in [4.69, 9.17) is 4.42 Å². The van der Waals surface area contributed by atoms with Gasteiger partial charge in [0, 0.05) is 7.05 Å². The summed E-state index contributed by atoms with van der Waals surface area (Å²) in [6.45, 7) is 1.80. The molecule has 0 N–H and O–H groups in total. The van der Waals surface area contributed by atoms with Gasteiger partial charge in [-0.05, 0) is 13.0 Å². The minimum absolute atomic E-state index is 0.0112. The molecule has 2 rings (SSSR count). The van der Waals surface area contributed by atoms with Gasteiger partial charge in [0.2, 0.25) is 0 Å². The number of ketones is 1. The van der Waals surface area contributed by atoms with Gasteiger partial charge in [-0.3, -0.25) is 9.48 Å². The fourth-order valence-electron chi connectivity index (χ4n) is 1.32. The lowest BCUT2D eigenvalue weighted by Gasteiger charge is -1.97. The average Bonchev–Trinajstić information content (AvgIpc) is 2.77. The van der Waals surface area contributed by atoms with Crippen LogP contribution >= 0.6 is 0 Å². The van der Waals surface area contributed by atoms with Gasteiger partial charge in [0.15, 0.2) is 5.78 Å². The van der Waals surface area contributed by atoms with E-state index in [0.29, 0.717) is 11.4 Å². The Kier molecular flexibility index (Phi) is 2.37. The van der Waals surface area contributed by atoms with Crippen molar-refractivity contribution in [3.63, 3.8) is 0 Å². The third kappa shape index (κ3) is 1.96. The monoisotopic (exact) mass is 205 g/mol. The van der Waals surface area contributed by atoms with E-state index in [-0.39, 0.29) is 12.2 Å². The van der Waals surface area contributed by atoms with Gasteiger partial charge < -0.3 is 4.42 Å². The molecule has 0 aliphatic rings. The predicted octanol–water partition coefficient (Wildman–Crippen LogP) is 1.14. The van der Waals surface area contributed by atoms with Crippen molar-refractivity contribution >= 4 is 5.78 Å². The first-order valence-electron chi connectivity index (χ1n) is 4.58. The second-order valence-electron chi connectivity index (χ2n) is 3.35. The summed E-state index contributed by atoms with van der Waals surface area (Å²) in [4.78, 5) is 15.7. The highest BCUT2D eigenvalue weighted by atomic mass is 16.3. The molecule has 5 nitrogen and oxygen atoms in total. The van der Waals surface area contributed by atoms with Crippen molar-refractivity contribution in [2.45, 2.75) is 13.3 Å². The molecule has 5 heteroatoms. The van der Waals surface area contributed by atoms with E-state index >= 15 is 0 Å². The highest BCUT2D eigenvalue weighted by molar-refractivity contribution is 5.96. The number of nitrogens with zero attached hydrogens (tertiary/aromatic N) is 3. The maximum Gasteiger partial charge on any atom is 0.173 e. The average molecular weight is 205 g/mol. The number of hydrogen-bond donors (Lipinski definition) is 0. The van der Waals surface area contributed by atoms with Gasteiger partial charge in [-0.1, -0.05) is 0 Å². The van der Waals surface area contributed by atoms with Crippen LogP contribution in [0, 0.1) is 6.92 Å². The van der Waals surface area contributed by atoms with Crippen LogP contribution in [0.15, 0.2) is 23.1 Å². The van der Waals surface area contributed by atoms with Crippen LogP contribution in [0.3, 0.4) is 0 Å². The Morgan fingerprint density at radius 2 is 2.40 bits per heavy atom. The topological polar surface area (TPSA) is 60.9 Å². The number of carbonyl (C=O) groups is 1. The molecule has 2 aromatic rings. The van der Waals surface area contributed by atoms with Gasteiger partial charge in [-0.2, -0.15) is 5.10 Å². The Bertz CT molecular complexity index is 484. The number of hydrogen-bond acceptors (Lipinski definition) is 4. The molecule has 0 atom stereocenters. The molecule has 0 aliphatic heterocycles. The Morgan fingerprint density at radius 3 is 2.93 bits per heavy atom. The van der Waals surface area contributed by atoms with Crippen molar-refractivity contribution in [2.24, 2.45) is 7.05 Å². The summed E-state index contributed by atoms with van der Waals surface area (Å²) in [6.07, 6.45) is 3.15. The molecule has 0 saturated heterocycles. The second kappa shape index (κ2) is 3.68. The summed E-state index contributed by atoms with van der Waals surface area (Å²) in [7, 11) is 1.76. The molecule has 0 spiro atoms.